The van der Waals surface area contributed by atoms with Crippen molar-refractivity contribution in [2.24, 2.45) is 29.0 Å². The first-order valence-corrected chi connectivity index (χ1v) is 43.5. The first-order chi connectivity index (χ1) is 62.4. The predicted molar refractivity (Wildman–Crippen MR) is 476 cm³/mol. The van der Waals surface area contributed by atoms with Crippen LogP contribution in [0.2, 0.25) is 0 Å². The number of phenols is 1. The van der Waals surface area contributed by atoms with Crippen LogP contribution in [0.5, 0.6) is 5.75 Å². The van der Waals surface area contributed by atoms with Crippen molar-refractivity contribution in [3.63, 3.8) is 0 Å². The van der Waals surface area contributed by atoms with E-state index < -0.39 is 211 Å². The Kier molecular flexibility index (Phi) is 38.9. The van der Waals surface area contributed by atoms with Gasteiger partial charge in [-0.25, -0.2) is 9.78 Å². The number of hydrogen-bond donors (Lipinski definition) is 27. The number of guanidine groups is 2. The summed E-state index contributed by atoms with van der Waals surface area (Å²) in [6, 6.07) is -2.33. The molecule has 5 heterocycles. The molecule has 131 heavy (non-hydrogen) atoms. The predicted octanol–water partition coefficient (Wildman–Crippen LogP) is -4.80. The molecule has 712 valence electrons. The summed E-state index contributed by atoms with van der Waals surface area (Å²) < 4.78 is 0. The zero-order valence-electron chi connectivity index (χ0n) is 73.8. The Labute approximate surface area is 754 Å². The van der Waals surface area contributed by atoms with Gasteiger partial charge in [-0.2, -0.15) is 0 Å². The van der Waals surface area contributed by atoms with Gasteiger partial charge in [0.25, 0.3) is 0 Å². The molecule has 0 bridgehead atoms. The number of aromatic hydroxyl groups is 1. The lowest BCUT2D eigenvalue weighted by atomic mass is 9.96. The quantitative estimate of drug-likeness (QED) is 0.00968. The molecule has 0 unspecified atom stereocenters. The number of carboxylic acid groups (broad SMARTS) is 1. The first-order valence-electron chi connectivity index (χ1n) is 43.5. The smallest absolute Gasteiger partial charge is 0.326 e. The molecule has 2 saturated heterocycles. The van der Waals surface area contributed by atoms with E-state index in [0.717, 1.165) is 0 Å². The lowest BCUT2D eigenvalue weighted by molar-refractivity contribution is -0.143. The van der Waals surface area contributed by atoms with Crippen molar-refractivity contribution in [1.82, 2.24) is 104 Å². The Bertz CT molecular complexity index is 4990. The number of carboxylic acids is 1. The Morgan fingerprint density at radius 3 is 1.37 bits per heavy atom. The van der Waals surface area contributed by atoms with E-state index in [1.54, 1.807) is 88.6 Å². The summed E-state index contributed by atoms with van der Waals surface area (Å²) in [6.45, 7) is 6.56. The van der Waals surface area contributed by atoms with Crippen LogP contribution < -0.4 is 91.6 Å². The van der Waals surface area contributed by atoms with Crippen LogP contribution in [0.4, 0.5) is 0 Å². The number of para-hydroxylation sites is 2. The third-order valence-electron chi connectivity index (χ3n) is 22.7. The van der Waals surface area contributed by atoms with E-state index in [9.17, 15) is 73.5 Å². The van der Waals surface area contributed by atoms with E-state index >= 15 is 24.0 Å². The minimum absolute atomic E-state index is 0.0193. The van der Waals surface area contributed by atoms with Gasteiger partial charge in [-0.05, 0) is 124 Å². The highest BCUT2D eigenvalue weighted by atomic mass is 16.4. The van der Waals surface area contributed by atoms with Crippen molar-refractivity contribution in [2.45, 2.75) is 222 Å². The molecule has 45 nitrogen and oxygen atoms in total. The van der Waals surface area contributed by atoms with Crippen LogP contribution in [0.3, 0.4) is 0 Å². The molecule has 2 aliphatic heterocycles. The number of H-pyrrole nitrogens is 3. The van der Waals surface area contributed by atoms with Crippen molar-refractivity contribution in [1.29, 1.82) is 10.8 Å². The van der Waals surface area contributed by atoms with Crippen LogP contribution in [0.1, 0.15) is 128 Å². The van der Waals surface area contributed by atoms with Crippen LogP contribution in [-0.2, 0) is 97.6 Å². The summed E-state index contributed by atoms with van der Waals surface area (Å²) in [6.07, 6.45) is 6.02. The molecule has 8 rings (SSSR count). The molecule has 14 amide bonds. The number of rotatable bonds is 50. The normalized spacial score (nSPS) is 16.8. The minimum Gasteiger partial charge on any atom is -0.508 e. The molecule has 3 aromatic heterocycles. The summed E-state index contributed by atoms with van der Waals surface area (Å²) in [5.41, 5.74) is 19.7. The van der Waals surface area contributed by atoms with Crippen LogP contribution in [0.15, 0.2) is 97.7 Å². The molecule has 2 fully saturated rings. The Morgan fingerprint density at radius 2 is 0.901 bits per heavy atom. The summed E-state index contributed by atoms with van der Waals surface area (Å²) in [7, 11) is 0. The maximum Gasteiger partial charge on any atom is 0.326 e. The molecule has 0 saturated carbocycles. The number of nitrogens with two attached hydrogens (primary N) is 3. The van der Waals surface area contributed by atoms with E-state index in [2.05, 4.69) is 94.4 Å². The van der Waals surface area contributed by atoms with Crippen molar-refractivity contribution in [2.75, 3.05) is 46.0 Å². The van der Waals surface area contributed by atoms with E-state index in [-0.39, 0.29) is 139 Å². The maximum absolute atomic E-state index is 15.5. The molecule has 30 N–H and O–H groups in total. The molecule has 6 aromatic rings. The number of carbonyl (C=O) groups is 15. The Balaban J connectivity index is 1.01. The van der Waals surface area contributed by atoms with E-state index in [1.165, 1.54) is 60.4 Å². The zero-order valence-corrected chi connectivity index (χ0v) is 73.8. The number of nitrogens with one attached hydrogen (secondary N) is 19. The zero-order chi connectivity index (χ0) is 95.9. The standard InChI is InChI=1S/C86H123N25O20/c1-7-45(4)69(109-75(121)59(32-44(2)3)102-79(125)68-23-15-31-111(68)83(129)63(33-48-24-26-52(115)27-25-48)105-76(122)65(41-113)107-78(124)66(42-114)108-77(123)64(40-112)106-70(116)46(5)87)81(127)104-62(36-51-39-92-43-97-51)74(120)101-61(35-50-38-96-56-19-11-9-17-54(50)56)73(119)99-57(20-12-28-93-85(88)89)82(128)110-30-14-22-67(110)80(126)103-60(34-49-37-95-55-18-10-8-16-53(49)55)72(118)98-47(6)71(117)100-58(84(130)131)21-13-29-94-86(90)91/h8-11,16-19,24-27,37-39,43-47,57-69,95-96,112-115H,7,12-15,20-23,28-36,40-42,87H2,1-6H3,(H,92,97)(H,98,118)(H,99,119)(H,100,117)(H,101,120)(H,102,125)(H,103,126)(H,104,127)(H,105,122)(H,106,116)(H,107,124)(H,108,123)(H,109,121)(H,130,131)(H4,88,89,93)(H4,90,91,94)/t45-,46-,47-,57-,58-,59-,60-,61-,62-,63-,64-,65-,66-,67-,68-,69-/m0/s1. The van der Waals surface area contributed by atoms with Gasteiger partial charge >= 0.3 is 5.97 Å². The van der Waals surface area contributed by atoms with Gasteiger partial charge in [0.2, 0.25) is 82.7 Å². The number of amides is 14. The maximum atomic E-state index is 15.5. The number of aliphatic carboxylic acids is 1. The van der Waals surface area contributed by atoms with Gasteiger partial charge in [0.05, 0.1) is 37.9 Å². The van der Waals surface area contributed by atoms with Crippen LogP contribution in [0, 0.1) is 22.7 Å². The van der Waals surface area contributed by atoms with E-state index in [0.29, 0.717) is 38.5 Å². The minimum atomic E-state index is -1.86. The first kappa shape index (κ1) is 103. The van der Waals surface area contributed by atoms with Gasteiger partial charge in [-0.3, -0.25) is 77.9 Å². The summed E-state index contributed by atoms with van der Waals surface area (Å²) >= 11 is 0. The second-order valence-electron chi connectivity index (χ2n) is 33.1. The average molecular weight is 1830 g/mol. The molecule has 0 spiro atoms. The van der Waals surface area contributed by atoms with Crippen molar-refractivity contribution in [3.8, 4) is 5.75 Å². The molecular formula is C86H123N25O20. The fourth-order valence-corrected chi connectivity index (χ4v) is 15.3. The molecule has 3 aromatic carbocycles. The highest BCUT2D eigenvalue weighted by molar-refractivity contribution is 6.02. The second kappa shape index (κ2) is 49.7. The SMILES string of the molecule is CC[C@H](C)[C@H](NC(=O)[C@H](CC(C)C)NC(=O)[C@@H]1CCCN1C(=O)[C@H](Cc1ccc(O)cc1)NC(=O)[C@H](CO)NC(=O)[C@H](CO)NC(=O)[C@H](CO)NC(=O)[C@H](C)N)C(=O)N[C@@H](Cc1c[nH]cn1)C(=O)N[C@@H](Cc1c[nH]c2ccccc12)C(=O)N[C@@H](CCCNC(=N)N)C(=O)N1CCC[C@H]1C(=O)N[C@@H](Cc1c[nH]c2ccccc12)C(=O)N[C@@H](C)C(=O)N[C@@H](CCCNC(=N)N)C(=O)O. The molecule has 16 atom stereocenters. The number of fused-ring (bicyclic) bond motifs is 2. The Morgan fingerprint density at radius 1 is 0.481 bits per heavy atom. The highest BCUT2D eigenvalue weighted by Gasteiger charge is 2.44. The fourth-order valence-electron chi connectivity index (χ4n) is 15.3. The monoisotopic (exact) mass is 1830 g/mol. The Hall–Kier alpha value is -13.8. The van der Waals surface area contributed by atoms with Gasteiger partial charge < -0.3 is 142 Å². The van der Waals surface area contributed by atoms with Crippen molar-refractivity contribution < 1.29 is 97.5 Å². The third-order valence-corrected chi connectivity index (χ3v) is 22.7. The summed E-state index contributed by atoms with van der Waals surface area (Å²) in [5.74, 6) is -16.0. The van der Waals surface area contributed by atoms with Crippen LogP contribution in [0.25, 0.3) is 21.8 Å². The number of likely N-dealkylation sites (tertiary alicyclic amines) is 2. The third kappa shape index (κ3) is 29.9. The number of phenolic OH excluding ortho intramolecular Hbond substituents is 1. The number of aliphatic hydroxyl groups excluding tert-OH is 3. The molecule has 2 aliphatic rings. The van der Waals surface area contributed by atoms with Gasteiger partial charge in [0, 0.05) is 92.3 Å². The number of aromatic nitrogens is 4. The second-order valence-corrected chi connectivity index (χ2v) is 33.1. The largest absolute Gasteiger partial charge is 0.508 e. The van der Waals surface area contributed by atoms with Crippen LogP contribution in [-0.4, -0.2) is 292 Å². The number of nitrogens with zero attached hydrogens (tertiary/aromatic N) is 3. The highest BCUT2D eigenvalue weighted by Crippen LogP contribution is 2.27. The van der Waals surface area contributed by atoms with Crippen LogP contribution >= 0.6 is 0 Å². The molecule has 0 radical (unpaired) electrons. The molecule has 0 aliphatic carbocycles. The number of hydrogen-bond acceptors (Lipinski definition) is 23. The van der Waals surface area contributed by atoms with Gasteiger partial charge in [0.1, 0.15) is 90.3 Å². The number of carbonyl (C=O) groups excluding carboxylic acids is 14. The van der Waals surface area contributed by atoms with Crippen molar-refractivity contribution >= 4 is 122 Å². The lowest BCUT2D eigenvalue weighted by Gasteiger charge is -2.32. The van der Waals surface area contributed by atoms with Gasteiger partial charge in [-0.1, -0.05) is 82.6 Å². The molecular weight excluding hydrogens is 1700 g/mol. The number of imidazole rings is 1. The average Bonchev–Trinajstić information content (AvgIpc) is 1.74. The summed E-state index contributed by atoms with van der Waals surface area (Å²) in [5, 5.41) is 103. The van der Waals surface area contributed by atoms with Crippen molar-refractivity contribution in [3.05, 3.63) is 120 Å². The lowest BCUT2D eigenvalue weighted by Crippen LogP contribution is -2.62. The van der Waals surface area contributed by atoms with Gasteiger partial charge in [0.15, 0.2) is 11.9 Å². The fraction of sp³-hybridized carbons (Fsp3) is 0.512. The number of benzene rings is 3. The van der Waals surface area contributed by atoms with E-state index in [1.807, 2.05) is 0 Å². The molecule has 45 heteroatoms. The van der Waals surface area contributed by atoms with Gasteiger partial charge in [-0.15, -0.1) is 0 Å². The topological polar surface area (TPSA) is 718 Å². The number of aromatic amines is 3. The van der Waals surface area contributed by atoms with E-state index in [4.69, 9.17) is 28.0 Å². The summed E-state index contributed by atoms with van der Waals surface area (Å²) in [4.78, 5) is 231. The number of aliphatic hydroxyl groups is 3.